The van der Waals surface area contributed by atoms with Crippen LogP contribution in [0.15, 0.2) is 78.9 Å². The SMILES string of the molecule is Cc1ccc(C(=O)Nc2ccccc2)cc1NC(=O)N1CCN(CCc2ccccc2)CC1. The van der Waals surface area contributed by atoms with E-state index in [0.29, 0.717) is 24.3 Å². The summed E-state index contributed by atoms with van der Waals surface area (Å²) in [5, 5.41) is 5.88. The van der Waals surface area contributed by atoms with E-state index < -0.39 is 0 Å². The molecule has 6 heteroatoms. The Hall–Kier alpha value is -3.64. The highest BCUT2D eigenvalue weighted by atomic mass is 16.2. The zero-order valence-corrected chi connectivity index (χ0v) is 19.0. The quantitative estimate of drug-likeness (QED) is 0.585. The second kappa shape index (κ2) is 10.8. The lowest BCUT2D eigenvalue weighted by atomic mass is 10.1. The number of urea groups is 1. The molecule has 0 radical (unpaired) electrons. The van der Waals surface area contributed by atoms with Gasteiger partial charge in [0.15, 0.2) is 0 Å². The number of nitrogens with zero attached hydrogens (tertiary/aromatic N) is 2. The number of para-hydroxylation sites is 1. The fourth-order valence-electron chi connectivity index (χ4n) is 3.92. The van der Waals surface area contributed by atoms with Crippen molar-refractivity contribution in [2.75, 3.05) is 43.4 Å². The van der Waals surface area contributed by atoms with Gasteiger partial charge in [0.1, 0.15) is 0 Å². The first-order chi connectivity index (χ1) is 16.1. The molecular weight excluding hydrogens is 412 g/mol. The lowest BCUT2D eigenvalue weighted by Crippen LogP contribution is -2.50. The predicted molar refractivity (Wildman–Crippen MR) is 133 cm³/mol. The molecule has 1 fully saturated rings. The summed E-state index contributed by atoms with van der Waals surface area (Å²) in [6, 6.07) is 25.1. The first kappa shape index (κ1) is 22.6. The monoisotopic (exact) mass is 442 g/mol. The molecule has 3 amide bonds. The van der Waals surface area contributed by atoms with Gasteiger partial charge in [-0.25, -0.2) is 4.79 Å². The van der Waals surface area contributed by atoms with Crippen molar-refractivity contribution >= 4 is 23.3 Å². The van der Waals surface area contributed by atoms with Crippen molar-refractivity contribution in [3.63, 3.8) is 0 Å². The molecule has 1 aliphatic heterocycles. The van der Waals surface area contributed by atoms with Crippen LogP contribution in [0.25, 0.3) is 0 Å². The van der Waals surface area contributed by atoms with E-state index in [4.69, 9.17) is 0 Å². The fourth-order valence-corrected chi connectivity index (χ4v) is 3.92. The van der Waals surface area contributed by atoms with Gasteiger partial charge in [-0.3, -0.25) is 9.69 Å². The molecule has 1 heterocycles. The van der Waals surface area contributed by atoms with Crippen LogP contribution in [-0.4, -0.2) is 54.5 Å². The number of aryl methyl sites for hydroxylation is 1. The van der Waals surface area contributed by atoms with E-state index in [0.717, 1.165) is 37.3 Å². The standard InChI is InChI=1S/C27H30N4O2/c1-21-12-13-23(26(32)28-24-10-6-3-7-11-24)20-25(21)29-27(33)31-18-16-30(17-19-31)15-14-22-8-4-2-5-9-22/h2-13,20H,14-19H2,1H3,(H,28,32)(H,29,33). The van der Waals surface area contributed by atoms with Crippen LogP contribution in [0.5, 0.6) is 0 Å². The first-order valence-corrected chi connectivity index (χ1v) is 11.4. The number of rotatable bonds is 6. The van der Waals surface area contributed by atoms with Gasteiger partial charge in [-0.15, -0.1) is 0 Å². The predicted octanol–water partition coefficient (Wildman–Crippen LogP) is 4.64. The minimum Gasteiger partial charge on any atom is -0.322 e. The van der Waals surface area contributed by atoms with Crippen LogP contribution in [0.3, 0.4) is 0 Å². The van der Waals surface area contributed by atoms with Crippen LogP contribution in [-0.2, 0) is 6.42 Å². The number of benzene rings is 3. The van der Waals surface area contributed by atoms with Gasteiger partial charge in [-0.05, 0) is 48.7 Å². The summed E-state index contributed by atoms with van der Waals surface area (Å²) in [7, 11) is 0. The molecule has 0 aromatic heterocycles. The molecule has 170 valence electrons. The van der Waals surface area contributed by atoms with Crippen molar-refractivity contribution in [3.05, 3.63) is 95.6 Å². The number of carbonyl (C=O) groups is 2. The Morgan fingerprint density at radius 3 is 2.18 bits per heavy atom. The second-order valence-electron chi connectivity index (χ2n) is 8.34. The number of hydrogen-bond donors (Lipinski definition) is 2. The molecule has 3 aromatic rings. The van der Waals surface area contributed by atoms with E-state index in [1.54, 1.807) is 12.1 Å². The number of amides is 3. The van der Waals surface area contributed by atoms with Gasteiger partial charge in [0.25, 0.3) is 5.91 Å². The second-order valence-corrected chi connectivity index (χ2v) is 8.34. The Morgan fingerprint density at radius 1 is 0.818 bits per heavy atom. The van der Waals surface area contributed by atoms with E-state index >= 15 is 0 Å². The number of carbonyl (C=O) groups excluding carboxylic acids is 2. The zero-order chi connectivity index (χ0) is 23.0. The van der Waals surface area contributed by atoms with Crippen molar-refractivity contribution in [3.8, 4) is 0 Å². The molecule has 0 unspecified atom stereocenters. The number of anilines is 2. The summed E-state index contributed by atoms with van der Waals surface area (Å²) in [5.74, 6) is -0.205. The molecule has 1 aliphatic rings. The largest absolute Gasteiger partial charge is 0.322 e. The maximum absolute atomic E-state index is 12.9. The van der Waals surface area contributed by atoms with Gasteiger partial charge in [0, 0.05) is 49.7 Å². The Labute approximate surface area is 195 Å². The molecule has 1 saturated heterocycles. The van der Waals surface area contributed by atoms with E-state index in [1.165, 1.54) is 5.56 Å². The highest BCUT2D eigenvalue weighted by Gasteiger charge is 2.21. The van der Waals surface area contributed by atoms with Crippen molar-refractivity contribution in [1.82, 2.24) is 9.80 Å². The molecule has 4 rings (SSSR count). The summed E-state index contributed by atoms with van der Waals surface area (Å²) in [4.78, 5) is 29.7. The first-order valence-electron chi connectivity index (χ1n) is 11.4. The van der Waals surface area contributed by atoms with Crippen LogP contribution >= 0.6 is 0 Å². The summed E-state index contributed by atoms with van der Waals surface area (Å²) in [6.45, 7) is 6.02. The van der Waals surface area contributed by atoms with Crippen molar-refractivity contribution < 1.29 is 9.59 Å². The zero-order valence-electron chi connectivity index (χ0n) is 19.0. The molecule has 0 atom stereocenters. The molecule has 0 spiro atoms. The highest BCUT2D eigenvalue weighted by Crippen LogP contribution is 2.19. The van der Waals surface area contributed by atoms with Crippen LogP contribution in [0.2, 0.25) is 0 Å². The Bertz CT molecular complexity index is 1080. The summed E-state index contributed by atoms with van der Waals surface area (Å²) < 4.78 is 0. The molecule has 0 saturated carbocycles. The normalized spacial score (nSPS) is 14.0. The van der Waals surface area contributed by atoms with Gasteiger partial charge in [0.05, 0.1) is 0 Å². The third kappa shape index (κ3) is 6.20. The average Bonchev–Trinajstić information content (AvgIpc) is 2.85. The molecule has 0 bridgehead atoms. The van der Waals surface area contributed by atoms with Gasteiger partial charge < -0.3 is 15.5 Å². The number of piperazine rings is 1. The Morgan fingerprint density at radius 2 is 1.48 bits per heavy atom. The van der Waals surface area contributed by atoms with E-state index in [1.807, 2.05) is 54.3 Å². The van der Waals surface area contributed by atoms with Gasteiger partial charge in [-0.1, -0.05) is 54.6 Å². The lowest BCUT2D eigenvalue weighted by molar-refractivity contribution is 0.102. The highest BCUT2D eigenvalue weighted by molar-refractivity contribution is 6.05. The van der Waals surface area contributed by atoms with Gasteiger partial charge in [0.2, 0.25) is 0 Å². The minimum atomic E-state index is -0.205. The van der Waals surface area contributed by atoms with Gasteiger partial charge in [-0.2, -0.15) is 0 Å². The number of hydrogen-bond acceptors (Lipinski definition) is 3. The van der Waals surface area contributed by atoms with Crippen molar-refractivity contribution in [2.24, 2.45) is 0 Å². The summed E-state index contributed by atoms with van der Waals surface area (Å²) in [6.07, 6.45) is 1.02. The van der Waals surface area contributed by atoms with Gasteiger partial charge >= 0.3 is 6.03 Å². The third-order valence-electron chi connectivity index (χ3n) is 5.99. The van der Waals surface area contributed by atoms with E-state index in [2.05, 4.69) is 39.8 Å². The lowest BCUT2D eigenvalue weighted by Gasteiger charge is -2.34. The topological polar surface area (TPSA) is 64.7 Å². The maximum Gasteiger partial charge on any atom is 0.321 e. The smallest absolute Gasteiger partial charge is 0.321 e. The van der Waals surface area contributed by atoms with Crippen LogP contribution in [0, 0.1) is 6.92 Å². The third-order valence-corrected chi connectivity index (χ3v) is 5.99. The van der Waals surface area contributed by atoms with Crippen molar-refractivity contribution in [2.45, 2.75) is 13.3 Å². The molecule has 33 heavy (non-hydrogen) atoms. The Kier molecular flexibility index (Phi) is 7.37. The minimum absolute atomic E-state index is 0.124. The summed E-state index contributed by atoms with van der Waals surface area (Å²) >= 11 is 0. The van der Waals surface area contributed by atoms with E-state index in [9.17, 15) is 9.59 Å². The van der Waals surface area contributed by atoms with E-state index in [-0.39, 0.29) is 11.9 Å². The average molecular weight is 443 g/mol. The molecule has 3 aromatic carbocycles. The molecule has 6 nitrogen and oxygen atoms in total. The van der Waals surface area contributed by atoms with Crippen LogP contribution < -0.4 is 10.6 Å². The molecule has 2 N–H and O–H groups in total. The van der Waals surface area contributed by atoms with Crippen LogP contribution in [0.4, 0.5) is 16.2 Å². The fraction of sp³-hybridized carbons (Fsp3) is 0.259. The Balaban J connectivity index is 1.30. The molecular formula is C27H30N4O2. The number of nitrogens with one attached hydrogen (secondary N) is 2. The maximum atomic E-state index is 12.9. The summed E-state index contributed by atoms with van der Waals surface area (Å²) in [5.41, 5.74) is 4.15. The van der Waals surface area contributed by atoms with Crippen molar-refractivity contribution in [1.29, 1.82) is 0 Å². The molecule has 0 aliphatic carbocycles. The van der Waals surface area contributed by atoms with Crippen LogP contribution in [0.1, 0.15) is 21.5 Å².